The number of rotatable bonds is 0. The summed E-state index contributed by atoms with van der Waals surface area (Å²) in [7, 11) is 6.87. The number of carbonyl (C=O) groups is 1. The number of Topliss-reactive ketones (excluding diaryl/α,β-unsaturated/α-hetero) is 1. The summed E-state index contributed by atoms with van der Waals surface area (Å²) in [6, 6.07) is 0.111. The highest BCUT2D eigenvalue weighted by molar-refractivity contribution is 14.1. The average Bonchev–Trinajstić information content (AvgIpc) is 2.82. The van der Waals surface area contributed by atoms with Crippen LogP contribution < -0.4 is 9.44 Å². The van der Waals surface area contributed by atoms with Crippen LogP contribution in [-0.2, 0) is 4.79 Å². The Morgan fingerprint density at radius 1 is 1.07 bits per heavy atom. The smallest absolute Gasteiger partial charge is 0.170 e. The van der Waals surface area contributed by atoms with E-state index in [-0.39, 0.29) is 12.1 Å². The van der Waals surface area contributed by atoms with Gasteiger partial charge >= 0.3 is 0 Å². The predicted molar refractivity (Wildman–Crippen MR) is 74.6 cm³/mol. The summed E-state index contributed by atoms with van der Waals surface area (Å²) in [5.41, 5.74) is 0. The molecule has 2 heterocycles. The van der Waals surface area contributed by atoms with Crippen molar-refractivity contribution in [1.82, 2.24) is 9.44 Å². The van der Waals surface area contributed by atoms with Crippen LogP contribution in [0, 0.1) is 0 Å². The highest BCUT2D eigenvalue weighted by Crippen LogP contribution is 2.50. The Bertz CT molecular complexity index is 257. The van der Waals surface area contributed by atoms with E-state index in [1.54, 1.807) is 22.0 Å². The van der Waals surface area contributed by atoms with Gasteiger partial charge in [-0.15, -0.1) is 0 Å². The van der Waals surface area contributed by atoms with Crippen molar-refractivity contribution in [3.05, 3.63) is 0 Å². The van der Waals surface area contributed by atoms with E-state index in [0.717, 1.165) is 0 Å². The number of carbonyl (C=O) groups excluding carboxylic acids is 1. The molecule has 0 amide bonds. The van der Waals surface area contributed by atoms with Crippen molar-refractivity contribution in [2.75, 3.05) is 0 Å². The van der Waals surface area contributed by atoms with E-state index >= 15 is 0 Å². The predicted octanol–water partition coefficient (Wildman–Crippen LogP) is 1.65. The first-order valence-corrected chi connectivity index (χ1v) is 9.79. The van der Waals surface area contributed by atoms with Crippen molar-refractivity contribution in [2.24, 2.45) is 0 Å². The van der Waals surface area contributed by atoms with Crippen LogP contribution in [0.5, 0.6) is 0 Å². The van der Waals surface area contributed by atoms with Crippen molar-refractivity contribution < 1.29 is 4.79 Å². The number of hydrogen-bond donors (Lipinski definition) is 2. The molecule has 4 unspecified atom stereocenters. The van der Waals surface area contributed by atoms with Crippen molar-refractivity contribution in [3.8, 4) is 0 Å². The topological polar surface area (TPSA) is 41.1 Å². The van der Waals surface area contributed by atoms with E-state index < -0.39 is 0 Å². The van der Waals surface area contributed by atoms with E-state index in [0.29, 0.717) is 20.2 Å². The molecule has 0 aromatic carbocycles. The molecule has 4 atom stereocenters. The Hall–Kier alpha value is 1.72. The van der Waals surface area contributed by atoms with Crippen molar-refractivity contribution >= 4 is 71.9 Å². The SMILES string of the molecule is O=C1C2NSSC2C(I)C2SSNC12. The van der Waals surface area contributed by atoms with Gasteiger partial charge in [0.2, 0.25) is 0 Å². The minimum absolute atomic E-state index is 0.0555. The van der Waals surface area contributed by atoms with E-state index in [1.807, 2.05) is 21.6 Å². The first-order valence-electron chi connectivity index (χ1n) is 4.12. The Morgan fingerprint density at radius 3 is 2.07 bits per heavy atom. The van der Waals surface area contributed by atoms with Gasteiger partial charge in [0.25, 0.3) is 0 Å². The first-order chi connectivity index (χ1) is 6.79. The minimum atomic E-state index is 0.0555. The number of halogens is 1. The van der Waals surface area contributed by atoms with Gasteiger partial charge in [0, 0.05) is 3.92 Å². The minimum Gasteiger partial charge on any atom is -0.296 e. The third-order valence-electron chi connectivity index (χ3n) is 2.57. The van der Waals surface area contributed by atoms with Crippen molar-refractivity contribution in [1.29, 1.82) is 0 Å². The number of nitrogens with one attached hydrogen (secondary N) is 2. The maximum atomic E-state index is 12.1. The number of fused-ring (bicyclic) bond motifs is 2. The molecule has 2 aliphatic heterocycles. The van der Waals surface area contributed by atoms with Gasteiger partial charge in [0.1, 0.15) is 0 Å². The van der Waals surface area contributed by atoms with Crippen LogP contribution in [0.3, 0.4) is 0 Å². The molecule has 2 N–H and O–H groups in total. The standard InChI is InChI=1S/C6H7IN2OS4/c7-1-5-2(8-13-11-5)4(10)3-6(1)12-14-9-3/h1-3,5-6,8-9H. The van der Waals surface area contributed by atoms with E-state index in [4.69, 9.17) is 0 Å². The van der Waals surface area contributed by atoms with Crippen LogP contribution in [0.4, 0.5) is 0 Å². The number of alkyl halides is 1. The van der Waals surface area contributed by atoms with E-state index in [9.17, 15) is 4.79 Å². The van der Waals surface area contributed by atoms with Gasteiger partial charge in [-0.05, 0) is 22.0 Å². The summed E-state index contributed by atoms with van der Waals surface area (Å²) >= 11 is 2.50. The highest BCUT2D eigenvalue weighted by Gasteiger charge is 2.54. The Morgan fingerprint density at radius 2 is 1.57 bits per heavy atom. The monoisotopic (exact) mass is 378 g/mol. The average molecular weight is 378 g/mol. The normalized spacial score (nSPS) is 51.8. The van der Waals surface area contributed by atoms with Gasteiger partial charge < -0.3 is 0 Å². The van der Waals surface area contributed by atoms with Gasteiger partial charge in [-0.1, -0.05) is 44.2 Å². The summed E-state index contributed by atoms with van der Waals surface area (Å²) in [5.74, 6) is 0.350. The quantitative estimate of drug-likeness (QED) is 0.288. The summed E-state index contributed by atoms with van der Waals surface area (Å²) in [6.07, 6.45) is 0. The number of hydrogen-bond acceptors (Lipinski definition) is 7. The van der Waals surface area contributed by atoms with Crippen LogP contribution in [0.2, 0.25) is 0 Å². The molecule has 0 bridgehead atoms. The van der Waals surface area contributed by atoms with Crippen LogP contribution in [-0.4, -0.2) is 32.3 Å². The Kier molecular flexibility index (Phi) is 3.25. The van der Waals surface area contributed by atoms with Gasteiger partial charge in [-0.3, -0.25) is 4.79 Å². The lowest BCUT2D eigenvalue weighted by atomic mass is 9.89. The molecular formula is C6H7IN2OS4. The second-order valence-electron chi connectivity index (χ2n) is 3.33. The Balaban J connectivity index is 1.92. The summed E-state index contributed by atoms with van der Waals surface area (Å²) in [4.78, 5) is 12.1. The molecule has 78 valence electrons. The van der Waals surface area contributed by atoms with Crippen LogP contribution in [0.25, 0.3) is 0 Å². The zero-order chi connectivity index (χ0) is 9.71. The molecule has 1 aliphatic carbocycles. The molecule has 3 fully saturated rings. The molecular weight excluding hydrogens is 371 g/mol. The molecule has 0 spiro atoms. The second-order valence-corrected chi connectivity index (χ2v) is 9.20. The summed E-state index contributed by atoms with van der Waals surface area (Å²) in [5, 5.41) is 0.893. The molecule has 2 saturated heterocycles. The molecule has 3 rings (SSSR count). The van der Waals surface area contributed by atoms with Crippen LogP contribution in [0.1, 0.15) is 0 Å². The van der Waals surface area contributed by atoms with Gasteiger partial charge in [-0.25, -0.2) is 9.44 Å². The largest absolute Gasteiger partial charge is 0.296 e. The zero-order valence-corrected chi connectivity index (χ0v) is 12.2. The second kappa shape index (κ2) is 4.19. The molecule has 0 aromatic rings. The zero-order valence-electron chi connectivity index (χ0n) is 6.81. The molecule has 8 heteroatoms. The fraction of sp³-hybridized carbons (Fsp3) is 0.833. The van der Waals surface area contributed by atoms with Gasteiger partial charge in [0.05, 0.1) is 22.6 Å². The maximum Gasteiger partial charge on any atom is 0.170 e. The van der Waals surface area contributed by atoms with Crippen LogP contribution >= 0.6 is 66.1 Å². The lowest BCUT2D eigenvalue weighted by Gasteiger charge is -2.34. The highest BCUT2D eigenvalue weighted by atomic mass is 127. The Labute approximate surface area is 112 Å². The fourth-order valence-corrected chi connectivity index (χ4v) is 10.2. The molecule has 0 radical (unpaired) electrons. The van der Waals surface area contributed by atoms with Crippen LogP contribution in [0.15, 0.2) is 0 Å². The van der Waals surface area contributed by atoms with Gasteiger partial charge in [-0.2, -0.15) is 0 Å². The molecule has 1 saturated carbocycles. The summed E-state index contributed by atoms with van der Waals surface area (Å²) < 4.78 is 7.01. The molecule has 14 heavy (non-hydrogen) atoms. The van der Waals surface area contributed by atoms with E-state index in [1.165, 1.54) is 0 Å². The lowest BCUT2D eigenvalue weighted by molar-refractivity contribution is -0.122. The van der Waals surface area contributed by atoms with Gasteiger partial charge in [0.15, 0.2) is 5.78 Å². The van der Waals surface area contributed by atoms with Crippen molar-refractivity contribution in [2.45, 2.75) is 26.5 Å². The van der Waals surface area contributed by atoms with Crippen molar-refractivity contribution in [3.63, 3.8) is 0 Å². The third-order valence-corrected chi connectivity index (χ3v) is 10.0. The first kappa shape index (κ1) is 10.8. The summed E-state index contributed by atoms with van der Waals surface area (Å²) in [6.45, 7) is 0. The molecule has 3 nitrogen and oxygen atoms in total. The molecule has 3 aliphatic rings. The lowest BCUT2D eigenvalue weighted by Crippen LogP contribution is -2.59. The third kappa shape index (κ3) is 1.56. The molecule has 0 aromatic heterocycles. The van der Waals surface area contributed by atoms with E-state index in [2.05, 4.69) is 32.0 Å². The fourth-order valence-electron chi connectivity index (χ4n) is 1.81. The maximum absolute atomic E-state index is 12.1. The number of ketones is 1.